The van der Waals surface area contributed by atoms with Crippen LogP contribution >= 0.6 is 0 Å². The number of fused-ring (bicyclic) bond motifs is 1. The van der Waals surface area contributed by atoms with Crippen LogP contribution in [0.2, 0.25) is 0 Å². The lowest BCUT2D eigenvalue weighted by atomic mass is 10.3. The number of rotatable bonds is 1. The molecule has 0 bridgehead atoms. The Hall–Kier alpha value is -2.31. The van der Waals surface area contributed by atoms with Gasteiger partial charge in [-0.3, -0.25) is 0 Å². The van der Waals surface area contributed by atoms with Crippen molar-refractivity contribution in [2.24, 2.45) is 0 Å². The third-order valence-corrected chi connectivity index (χ3v) is 2.06. The number of hydrogen-bond acceptors (Lipinski definition) is 3. The lowest BCUT2D eigenvalue weighted by Gasteiger charge is -2.00. The molecule has 2 aromatic heterocycles. The van der Waals surface area contributed by atoms with Gasteiger partial charge in [-0.15, -0.1) is 15.0 Å². The highest BCUT2D eigenvalue weighted by Crippen LogP contribution is 2.14. The highest BCUT2D eigenvalue weighted by atomic mass is 19.1. The second kappa shape index (κ2) is 3.09. The summed E-state index contributed by atoms with van der Waals surface area (Å²) in [6.45, 7) is 0. The maximum Gasteiger partial charge on any atom is 0.221 e. The first-order valence-electron chi connectivity index (χ1n) is 4.38. The molecule has 1 N–H and O–H groups in total. The summed E-state index contributed by atoms with van der Waals surface area (Å²) in [6.07, 6.45) is 2.45. The maximum absolute atomic E-state index is 13.4. The molecule has 0 saturated heterocycles. The highest BCUT2D eigenvalue weighted by molar-refractivity contribution is 5.63. The van der Waals surface area contributed by atoms with E-state index >= 15 is 0 Å². The minimum absolute atomic E-state index is 0.0628. The van der Waals surface area contributed by atoms with Gasteiger partial charge in [-0.2, -0.15) is 0 Å². The molecule has 0 aliphatic carbocycles. The molecule has 0 spiro atoms. The van der Waals surface area contributed by atoms with Gasteiger partial charge in [0.15, 0.2) is 12.1 Å². The molecular weight excluding hydrogens is 216 g/mol. The Morgan fingerprint density at radius 3 is 2.88 bits per heavy atom. The van der Waals surface area contributed by atoms with E-state index in [1.165, 1.54) is 6.07 Å². The topological polar surface area (TPSA) is 59.4 Å². The summed E-state index contributed by atoms with van der Waals surface area (Å²) in [7, 11) is 0. The maximum atomic E-state index is 13.4. The fourth-order valence-corrected chi connectivity index (χ4v) is 1.34. The van der Waals surface area contributed by atoms with Crippen LogP contribution in [0.1, 0.15) is 0 Å². The lowest BCUT2D eigenvalue weighted by Crippen LogP contribution is -2.02. The normalized spacial score (nSPS) is 11.1. The molecule has 2 heterocycles. The van der Waals surface area contributed by atoms with Gasteiger partial charge in [-0.25, -0.2) is 13.8 Å². The number of aromatic nitrogens is 5. The Labute approximate surface area is 87.7 Å². The van der Waals surface area contributed by atoms with Crippen molar-refractivity contribution in [2.45, 2.75) is 0 Å². The summed E-state index contributed by atoms with van der Waals surface area (Å²) in [4.78, 5) is 7.41. The van der Waals surface area contributed by atoms with E-state index < -0.39 is 11.6 Å². The van der Waals surface area contributed by atoms with Gasteiger partial charge in [0.1, 0.15) is 11.5 Å². The van der Waals surface area contributed by atoms with Crippen molar-refractivity contribution >= 4 is 11.3 Å². The van der Waals surface area contributed by atoms with Gasteiger partial charge in [0.05, 0.1) is 0 Å². The van der Waals surface area contributed by atoms with Crippen LogP contribution in [-0.4, -0.2) is 25.0 Å². The van der Waals surface area contributed by atoms with Crippen molar-refractivity contribution < 1.29 is 8.78 Å². The molecule has 0 fully saturated rings. The van der Waals surface area contributed by atoms with Crippen molar-refractivity contribution in [1.29, 1.82) is 0 Å². The van der Waals surface area contributed by atoms with Crippen LogP contribution in [0.5, 0.6) is 0 Å². The predicted molar refractivity (Wildman–Crippen MR) is 49.8 cm³/mol. The zero-order valence-corrected chi connectivity index (χ0v) is 7.78. The average molecular weight is 220 g/mol. The minimum Gasteiger partial charge on any atom is -0.317 e. The smallest absolute Gasteiger partial charge is 0.221 e. The average Bonchev–Trinajstić information content (AvgIpc) is 2.76. The van der Waals surface area contributed by atoms with E-state index in [0.717, 1.165) is 16.9 Å². The van der Waals surface area contributed by atoms with Crippen molar-refractivity contribution in [3.05, 3.63) is 36.2 Å². The molecule has 1 aromatic carbocycles. The Kier molecular flexibility index (Phi) is 1.73. The van der Waals surface area contributed by atoms with Gasteiger partial charge in [-0.1, -0.05) is 0 Å². The summed E-state index contributed by atoms with van der Waals surface area (Å²) in [6, 6.07) is 3.16. The third kappa shape index (κ3) is 1.25. The predicted octanol–water partition coefficient (Wildman–Crippen LogP) is 1.22. The minimum atomic E-state index is -0.735. The van der Waals surface area contributed by atoms with Gasteiger partial charge in [0.25, 0.3) is 0 Å². The molecule has 0 atom stereocenters. The van der Waals surface area contributed by atoms with Gasteiger partial charge in [0.2, 0.25) is 11.3 Å². The Morgan fingerprint density at radius 2 is 2.12 bits per heavy atom. The number of nitrogens with zero attached hydrogens (tertiary/aromatic N) is 4. The summed E-state index contributed by atoms with van der Waals surface area (Å²) >= 11 is 0. The fourth-order valence-electron chi connectivity index (χ4n) is 1.34. The van der Waals surface area contributed by atoms with E-state index in [9.17, 15) is 8.78 Å². The lowest BCUT2D eigenvalue weighted by molar-refractivity contribution is 0.566. The molecule has 79 valence electrons. The number of hydrogen-bond donors (Lipinski definition) is 1. The van der Waals surface area contributed by atoms with E-state index in [0.29, 0.717) is 11.3 Å². The molecule has 3 aromatic rings. The van der Waals surface area contributed by atoms with Crippen LogP contribution in [0.25, 0.3) is 17.0 Å². The number of benzene rings is 1. The van der Waals surface area contributed by atoms with Crippen molar-refractivity contribution in [3.8, 4) is 5.69 Å². The molecular formula is C9H4F2N5. The highest BCUT2D eigenvalue weighted by Gasteiger charge is 2.11. The molecule has 0 aliphatic heterocycles. The zero-order chi connectivity index (χ0) is 11.1. The molecule has 5 nitrogen and oxygen atoms in total. The summed E-state index contributed by atoms with van der Waals surface area (Å²) in [5.41, 5.74) is 0.778. The number of aromatic amines is 1. The van der Waals surface area contributed by atoms with Crippen LogP contribution in [-0.2, 0) is 0 Å². The number of imidazole rings is 1. The summed E-state index contributed by atoms with van der Waals surface area (Å²) in [5.74, 6) is -1.38. The van der Waals surface area contributed by atoms with Gasteiger partial charge >= 0.3 is 0 Å². The quantitative estimate of drug-likeness (QED) is 0.670. The first kappa shape index (κ1) is 8.96. The zero-order valence-electron chi connectivity index (χ0n) is 7.78. The van der Waals surface area contributed by atoms with E-state index in [4.69, 9.17) is 0 Å². The first-order chi connectivity index (χ1) is 7.74. The Balaban J connectivity index is 2.19. The molecule has 0 aliphatic rings. The SMILES string of the molecule is Fc1ccc(-n2nc3n[c][nH]c3n2)c(F)c1. The van der Waals surface area contributed by atoms with Crippen LogP contribution in [0.15, 0.2) is 18.2 Å². The van der Waals surface area contributed by atoms with Crippen molar-refractivity contribution in [1.82, 2.24) is 25.0 Å². The Bertz CT molecular complexity index is 628. The molecule has 0 unspecified atom stereocenters. The van der Waals surface area contributed by atoms with Crippen LogP contribution < -0.4 is 0 Å². The summed E-state index contributed by atoms with van der Waals surface area (Å²) in [5, 5.41) is 7.83. The first-order valence-corrected chi connectivity index (χ1v) is 4.38. The van der Waals surface area contributed by atoms with Crippen LogP contribution in [0.4, 0.5) is 8.78 Å². The third-order valence-electron chi connectivity index (χ3n) is 2.06. The van der Waals surface area contributed by atoms with E-state index in [2.05, 4.69) is 26.5 Å². The largest absolute Gasteiger partial charge is 0.317 e. The van der Waals surface area contributed by atoms with Gasteiger partial charge in [0, 0.05) is 6.07 Å². The number of halogens is 2. The van der Waals surface area contributed by atoms with Gasteiger partial charge in [-0.05, 0) is 12.1 Å². The molecule has 1 radical (unpaired) electrons. The molecule has 3 rings (SSSR count). The van der Waals surface area contributed by atoms with Crippen LogP contribution in [0, 0.1) is 18.0 Å². The fraction of sp³-hybridized carbons (Fsp3) is 0. The van der Waals surface area contributed by atoms with E-state index in [1.807, 2.05) is 0 Å². The molecule has 0 saturated carbocycles. The Morgan fingerprint density at radius 1 is 1.25 bits per heavy atom. The van der Waals surface area contributed by atoms with E-state index in [-0.39, 0.29) is 5.69 Å². The second-order valence-electron chi connectivity index (χ2n) is 3.11. The monoisotopic (exact) mass is 220 g/mol. The van der Waals surface area contributed by atoms with Crippen molar-refractivity contribution in [3.63, 3.8) is 0 Å². The van der Waals surface area contributed by atoms with Gasteiger partial charge < -0.3 is 4.98 Å². The second-order valence-corrected chi connectivity index (χ2v) is 3.11. The van der Waals surface area contributed by atoms with E-state index in [1.54, 1.807) is 0 Å². The number of nitrogens with one attached hydrogen (secondary N) is 1. The van der Waals surface area contributed by atoms with Crippen molar-refractivity contribution in [2.75, 3.05) is 0 Å². The number of H-pyrrole nitrogens is 1. The molecule has 16 heavy (non-hydrogen) atoms. The summed E-state index contributed by atoms with van der Waals surface area (Å²) < 4.78 is 26.1. The van der Waals surface area contributed by atoms with Crippen LogP contribution in [0.3, 0.4) is 0 Å². The standard InChI is InChI=1S/C9H4F2N5/c10-5-1-2-7(6(11)3-5)16-14-8-9(15-16)13-4-12-8/h1-3H,(H,12,13,14,15). The molecule has 7 heteroatoms. The molecule has 0 amide bonds.